The molecule has 3 aromatic rings. The number of benzene rings is 3. The second-order valence-electron chi connectivity index (χ2n) is 6.21. The Balaban J connectivity index is 2.13. The van der Waals surface area contributed by atoms with Gasteiger partial charge in [0.05, 0.1) is 12.2 Å². The quantitative estimate of drug-likeness (QED) is 0.614. The van der Waals surface area contributed by atoms with Crippen molar-refractivity contribution in [2.24, 2.45) is 0 Å². The SMILES string of the molecule is Cc1cccc(C)c1N(Cc1ccccc1)C(=O)c1c(F)cccc1F. The number of amides is 1. The zero-order chi connectivity index (χ0) is 18.7. The van der Waals surface area contributed by atoms with E-state index in [1.807, 2.05) is 62.4 Å². The van der Waals surface area contributed by atoms with Gasteiger partial charge in [0.1, 0.15) is 17.2 Å². The highest BCUT2D eigenvalue weighted by atomic mass is 19.1. The van der Waals surface area contributed by atoms with E-state index >= 15 is 0 Å². The summed E-state index contributed by atoms with van der Waals surface area (Å²) in [5.41, 5.74) is 2.74. The van der Waals surface area contributed by atoms with E-state index in [0.29, 0.717) is 5.69 Å². The fourth-order valence-electron chi connectivity index (χ4n) is 3.09. The lowest BCUT2D eigenvalue weighted by Gasteiger charge is -2.27. The summed E-state index contributed by atoms with van der Waals surface area (Å²) < 4.78 is 28.5. The van der Waals surface area contributed by atoms with E-state index in [1.165, 1.54) is 11.0 Å². The lowest BCUT2D eigenvalue weighted by molar-refractivity contribution is 0.0976. The van der Waals surface area contributed by atoms with Crippen LogP contribution in [-0.4, -0.2) is 5.91 Å². The zero-order valence-electron chi connectivity index (χ0n) is 14.7. The number of halogens is 2. The molecular weight excluding hydrogens is 332 g/mol. The molecule has 0 aliphatic rings. The van der Waals surface area contributed by atoms with E-state index in [2.05, 4.69) is 0 Å². The van der Waals surface area contributed by atoms with Gasteiger partial charge in [0, 0.05) is 0 Å². The first-order chi connectivity index (χ1) is 12.5. The van der Waals surface area contributed by atoms with Crippen molar-refractivity contribution in [2.45, 2.75) is 20.4 Å². The third kappa shape index (κ3) is 3.49. The molecule has 0 aliphatic carbocycles. The lowest BCUT2D eigenvalue weighted by atomic mass is 10.0. The molecular formula is C22H19F2NO. The second-order valence-corrected chi connectivity index (χ2v) is 6.21. The molecule has 1 amide bonds. The smallest absolute Gasteiger partial charge is 0.264 e. The van der Waals surface area contributed by atoms with Crippen LogP contribution in [0, 0.1) is 25.5 Å². The fourth-order valence-corrected chi connectivity index (χ4v) is 3.09. The standard InChI is InChI=1S/C22H19F2NO/c1-15-8-6-9-16(2)21(15)25(14-17-10-4-3-5-11-17)22(26)20-18(23)12-7-13-19(20)24/h3-13H,14H2,1-2H3. The number of hydrogen-bond donors (Lipinski definition) is 0. The maximum Gasteiger partial charge on any atom is 0.264 e. The first kappa shape index (κ1) is 17.8. The van der Waals surface area contributed by atoms with Crippen LogP contribution in [0.2, 0.25) is 0 Å². The van der Waals surface area contributed by atoms with Crippen LogP contribution in [-0.2, 0) is 6.54 Å². The Labute approximate surface area is 151 Å². The van der Waals surface area contributed by atoms with Crippen molar-refractivity contribution in [3.05, 3.63) is 101 Å². The van der Waals surface area contributed by atoms with Crippen LogP contribution in [0.5, 0.6) is 0 Å². The second kappa shape index (κ2) is 7.48. The van der Waals surface area contributed by atoms with Crippen LogP contribution in [0.4, 0.5) is 14.5 Å². The molecule has 26 heavy (non-hydrogen) atoms. The van der Waals surface area contributed by atoms with Gasteiger partial charge in [0.15, 0.2) is 0 Å². The van der Waals surface area contributed by atoms with Crippen LogP contribution in [0.15, 0.2) is 66.7 Å². The van der Waals surface area contributed by atoms with Gasteiger partial charge >= 0.3 is 0 Å². The molecule has 0 radical (unpaired) electrons. The predicted molar refractivity (Wildman–Crippen MR) is 99.2 cm³/mol. The van der Waals surface area contributed by atoms with E-state index in [-0.39, 0.29) is 6.54 Å². The van der Waals surface area contributed by atoms with Crippen molar-refractivity contribution in [3.8, 4) is 0 Å². The Bertz CT molecular complexity index is 898. The Morgan fingerprint density at radius 1 is 0.808 bits per heavy atom. The molecule has 0 aromatic heterocycles. The number of rotatable bonds is 4. The molecule has 0 aliphatic heterocycles. The van der Waals surface area contributed by atoms with E-state index in [9.17, 15) is 13.6 Å². The number of aryl methyl sites for hydroxylation is 2. The number of carbonyl (C=O) groups is 1. The molecule has 0 saturated carbocycles. The minimum atomic E-state index is -0.862. The van der Waals surface area contributed by atoms with Crippen LogP contribution in [0.1, 0.15) is 27.0 Å². The van der Waals surface area contributed by atoms with Gasteiger partial charge in [-0.15, -0.1) is 0 Å². The minimum absolute atomic E-state index is 0.221. The largest absolute Gasteiger partial charge is 0.303 e. The van der Waals surface area contributed by atoms with Crippen molar-refractivity contribution < 1.29 is 13.6 Å². The Hall–Kier alpha value is -3.01. The van der Waals surface area contributed by atoms with Gasteiger partial charge in [-0.05, 0) is 42.7 Å². The topological polar surface area (TPSA) is 20.3 Å². The van der Waals surface area contributed by atoms with Gasteiger partial charge in [-0.25, -0.2) is 8.78 Å². The van der Waals surface area contributed by atoms with Crippen molar-refractivity contribution in [3.63, 3.8) is 0 Å². The highest BCUT2D eigenvalue weighted by Crippen LogP contribution is 2.29. The van der Waals surface area contributed by atoms with Gasteiger partial charge < -0.3 is 4.90 Å². The van der Waals surface area contributed by atoms with Crippen molar-refractivity contribution in [2.75, 3.05) is 4.90 Å². The summed E-state index contributed by atoms with van der Waals surface area (Å²) in [4.78, 5) is 14.6. The predicted octanol–water partition coefficient (Wildman–Crippen LogP) is 5.43. The molecule has 0 saturated heterocycles. The van der Waals surface area contributed by atoms with Crippen LogP contribution in [0.3, 0.4) is 0 Å². The van der Waals surface area contributed by atoms with Crippen molar-refractivity contribution >= 4 is 11.6 Å². The van der Waals surface area contributed by atoms with Crippen molar-refractivity contribution in [1.82, 2.24) is 0 Å². The van der Waals surface area contributed by atoms with Crippen LogP contribution < -0.4 is 4.90 Å². The molecule has 132 valence electrons. The Kier molecular flexibility index (Phi) is 5.12. The summed E-state index contributed by atoms with van der Waals surface area (Å²) in [6, 6.07) is 18.5. The maximum atomic E-state index is 14.2. The minimum Gasteiger partial charge on any atom is -0.303 e. The molecule has 0 heterocycles. The number of para-hydroxylation sites is 1. The molecule has 4 heteroatoms. The molecule has 0 N–H and O–H groups in total. The first-order valence-corrected chi connectivity index (χ1v) is 8.35. The maximum absolute atomic E-state index is 14.2. The van der Waals surface area contributed by atoms with Crippen molar-refractivity contribution in [1.29, 1.82) is 0 Å². The van der Waals surface area contributed by atoms with Crippen LogP contribution >= 0.6 is 0 Å². The lowest BCUT2D eigenvalue weighted by Crippen LogP contribution is -2.33. The van der Waals surface area contributed by atoms with Gasteiger partial charge in [-0.1, -0.05) is 54.6 Å². The summed E-state index contributed by atoms with van der Waals surface area (Å²) in [6.45, 7) is 3.98. The average molecular weight is 351 g/mol. The molecule has 2 nitrogen and oxygen atoms in total. The summed E-state index contributed by atoms with van der Waals surface area (Å²) >= 11 is 0. The molecule has 0 fully saturated rings. The van der Waals surface area contributed by atoms with Gasteiger partial charge in [-0.3, -0.25) is 4.79 Å². The van der Waals surface area contributed by atoms with E-state index < -0.39 is 23.1 Å². The molecule has 3 aromatic carbocycles. The van der Waals surface area contributed by atoms with E-state index in [4.69, 9.17) is 0 Å². The monoisotopic (exact) mass is 351 g/mol. The van der Waals surface area contributed by atoms with Gasteiger partial charge in [0.25, 0.3) is 5.91 Å². The normalized spacial score (nSPS) is 10.6. The summed E-state index contributed by atoms with van der Waals surface area (Å²) in [6.07, 6.45) is 0. The van der Waals surface area contributed by atoms with E-state index in [0.717, 1.165) is 28.8 Å². The third-order valence-corrected chi connectivity index (χ3v) is 4.31. The molecule has 3 rings (SSSR count). The Morgan fingerprint density at radius 3 is 1.92 bits per heavy atom. The first-order valence-electron chi connectivity index (χ1n) is 8.35. The summed E-state index contributed by atoms with van der Waals surface area (Å²) in [7, 11) is 0. The third-order valence-electron chi connectivity index (χ3n) is 4.31. The summed E-state index contributed by atoms with van der Waals surface area (Å²) in [5.74, 6) is -2.42. The fraction of sp³-hybridized carbons (Fsp3) is 0.136. The molecule has 0 atom stereocenters. The van der Waals surface area contributed by atoms with Gasteiger partial charge in [0.2, 0.25) is 0 Å². The number of carbonyl (C=O) groups excluding carboxylic acids is 1. The average Bonchev–Trinajstić information content (AvgIpc) is 2.61. The van der Waals surface area contributed by atoms with Gasteiger partial charge in [-0.2, -0.15) is 0 Å². The van der Waals surface area contributed by atoms with E-state index in [1.54, 1.807) is 0 Å². The molecule has 0 unspecified atom stereocenters. The molecule has 0 spiro atoms. The number of nitrogens with zero attached hydrogens (tertiary/aromatic N) is 1. The molecule has 0 bridgehead atoms. The highest BCUT2D eigenvalue weighted by molar-refractivity contribution is 6.07. The highest BCUT2D eigenvalue weighted by Gasteiger charge is 2.26. The summed E-state index contributed by atoms with van der Waals surface area (Å²) in [5, 5.41) is 0. The Morgan fingerprint density at radius 2 is 1.35 bits per heavy atom. The van der Waals surface area contributed by atoms with Crippen LogP contribution in [0.25, 0.3) is 0 Å². The zero-order valence-corrected chi connectivity index (χ0v) is 14.7. The number of hydrogen-bond acceptors (Lipinski definition) is 1. The number of anilines is 1.